The van der Waals surface area contributed by atoms with E-state index in [1.807, 2.05) is 30.3 Å². The zero-order valence-corrected chi connectivity index (χ0v) is 20.7. The minimum absolute atomic E-state index is 0.0239. The summed E-state index contributed by atoms with van der Waals surface area (Å²) in [6.45, 7) is 11.2. The molecule has 2 saturated carbocycles. The molecule has 1 heterocycles. The molecular formula is C30H34O5. The van der Waals surface area contributed by atoms with Gasteiger partial charge in [-0.2, -0.15) is 0 Å². The van der Waals surface area contributed by atoms with Crippen molar-refractivity contribution < 1.29 is 24.5 Å². The molecule has 2 aromatic rings. The summed E-state index contributed by atoms with van der Waals surface area (Å²) in [5.41, 5.74) is 1.95. The van der Waals surface area contributed by atoms with E-state index in [-0.39, 0.29) is 39.9 Å². The fourth-order valence-electron chi connectivity index (χ4n) is 7.25. The summed E-state index contributed by atoms with van der Waals surface area (Å²) in [7, 11) is 0. The monoisotopic (exact) mass is 474 g/mol. The highest BCUT2D eigenvalue weighted by atomic mass is 16.5. The first-order valence-corrected chi connectivity index (χ1v) is 12.6. The highest BCUT2D eigenvalue weighted by Gasteiger charge is 2.54. The summed E-state index contributed by atoms with van der Waals surface area (Å²) >= 11 is 0. The van der Waals surface area contributed by atoms with Crippen molar-refractivity contribution >= 4 is 12.6 Å². The SMILES string of the molecule is C=C1CCC2C(c3ccccc3)c3c(O)c(C=O)c(O)c(C=O)c3OC2(C)CCC2C1CC2(C)C. The van der Waals surface area contributed by atoms with Crippen LogP contribution in [0.1, 0.15) is 90.6 Å². The Labute approximate surface area is 206 Å². The molecule has 1 aliphatic heterocycles. The topological polar surface area (TPSA) is 83.8 Å². The van der Waals surface area contributed by atoms with E-state index in [2.05, 4.69) is 27.4 Å². The Morgan fingerprint density at radius 1 is 0.971 bits per heavy atom. The standard InChI is InChI=1S/C30H34O5/c1-17-10-11-23-24(18-8-6-5-7-9-18)25-27(34)20(15-31)26(33)21(16-32)28(25)35-30(23,4)13-12-22-19(17)14-29(22,2)3/h5-9,15-16,19,22-24,33-34H,1,10-14H2,2-4H3. The van der Waals surface area contributed by atoms with Gasteiger partial charge in [0.1, 0.15) is 22.8 Å². The summed E-state index contributed by atoms with van der Waals surface area (Å²) in [5.74, 6) is 0.0524. The van der Waals surface area contributed by atoms with Gasteiger partial charge in [0, 0.05) is 17.4 Å². The Morgan fingerprint density at radius 2 is 1.66 bits per heavy atom. The Hall–Kier alpha value is -3.08. The second-order valence-electron chi connectivity index (χ2n) is 11.6. The van der Waals surface area contributed by atoms with Crippen molar-refractivity contribution in [1.82, 2.24) is 0 Å². The number of carbonyl (C=O) groups is 2. The maximum absolute atomic E-state index is 12.1. The van der Waals surface area contributed by atoms with E-state index in [1.54, 1.807) is 0 Å². The minimum atomic E-state index is -0.631. The molecule has 2 aromatic carbocycles. The van der Waals surface area contributed by atoms with Gasteiger partial charge in [0.25, 0.3) is 0 Å². The van der Waals surface area contributed by atoms with Crippen molar-refractivity contribution in [1.29, 1.82) is 0 Å². The molecule has 2 aliphatic carbocycles. The second kappa shape index (κ2) is 8.25. The number of fused-ring (bicyclic) bond motifs is 3. The van der Waals surface area contributed by atoms with E-state index in [0.717, 1.165) is 37.7 Å². The fourth-order valence-corrected chi connectivity index (χ4v) is 7.25. The van der Waals surface area contributed by atoms with Crippen LogP contribution in [0.4, 0.5) is 0 Å². The van der Waals surface area contributed by atoms with Crippen molar-refractivity contribution in [3.8, 4) is 17.2 Å². The van der Waals surface area contributed by atoms with Crippen LogP contribution in [0.3, 0.4) is 0 Å². The largest absolute Gasteiger partial charge is 0.507 e. The predicted molar refractivity (Wildman–Crippen MR) is 134 cm³/mol. The molecule has 0 spiro atoms. The van der Waals surface area contributed by atoms with Gasteiger partial charge in [0.2, 0.25) is 0 Å². The van der Waals surface area contributed by atoms with E-state index in [9.17, 15) is 19.8 Å². The number of rotatable bonds is 3. The number of benzene rings is 2. The average Bonchev–Trinajstić information content (AvgIpc) is 2.86. The molecule has 0 saturated heterocycles. The molecule has 0 radical (unpaired) electrons. The molecule has 35 heavy (non-hydrogen) atoms. The van der Waals surface area contributed by atoms with E-state index in [1.165, 1.54) is 5.57 Å². The number of hydrogen-bond acceptors (Lipinski definition) is 5. The summed E-state index contributed by atoms with van der Waals surface area (Å²) < 4.78 is 6.66. The predicted octanol–water partition coefficient (Wildman–Crippen LogP) is 6.41. The van der Waals surface area contributed by atoms with Crippen molar-refractivity contribution in [2.24, 2.45) is 23.2 Å². The molecule has 184 valence electrons. The van der Waals surface area contributed by atoms with Crippen molar-refractivity contribution in [3.63, 3.8) is 0 Å². The van der Waals surface area contributed by atoms with Crippen LogP contribution in [-0.2, 0) is 0 Å². The summed E-state index contributed by atoms with van der Waals surface area (Å²) in [5, 5.41) is 21.9. The molecule has 5 nitrogen and oxygen atoms in total. The average molecular weight is 475 g/mol. The van der Waals surface area contributed by atoms with E-state index >= 15 is 0 Å². The number of ether oxygens (including phenoxy) is 1. The Balaban J connectivity index is 1.73. The number of hydrogen-bond donors (Lipinski definition) is 2. The summed E-state index contributed by atoms with van der Waals surface area (Å²) in [4.78, 5) is 24.0. The van der Waals surface area contributed by atoms with Crippen LogP contribution in [0, 0.1) is 23.2 Å². The number of carbonyl (C=O) groups excluding carboxylic acids is 2. The van der Waals surface area contributed by atoms with Crippen LogP contribution in [0.5, 0.6) is 17.2 Å². The van der Waals surface area contributed by atoms with E-state index in [4.69, 9.17) is 4.74 Å². The van der Waals surface area contributed by atoms with Gasteiger partial charge in [-0.3, -0.25) is 9.59 Å². The lowest BCUT2D eigenvalue weighted by molar-refractivity contribution is -0.0395. The van der Waals surface area contributed by atoms with Gasteiger partial charge >= 0.3 is 0 Å². The van der Waals surface area contributed by atoms with Crippen LogP contribution in [-0.4, -0.2) is 28.4 Å². The Bertz CT molecular complexity index is 1200. The molecule has 5 rings (SSSR count). The van der Waals surface area contributed by atoms with Gasteiger partial charge in [0.15, 0.2) is 12.6 Å². The molecule has 3 aliphatic rings. The van der Waals surface area contributed by atoms with Gasteiger partial charge in [0.05, 0.1) is 11.1 Å². The highest BCUT2D eigenvalue weighted by molar-refractivity contribution is 5.95. The van der Waals surface area contributed by atoms with Gasteiger partial charge in [-0.1, -0.05) is 56.3 Å². The lowest BCUT2D eigenvalue weighted by Gasteiger charge is -2.53. The number of aldehydes is 2. The van der Waals surface area contributed by atoms with Crippen molar-refractivity contribution in [3.05, 3.63) is 64.7 Å². The normalized spacial score (nSPS) is 31.2. The smallest absolute Gasteiger partial charge is 0.157 e. The van der Waals surface area contributed by atoms with Gasteiger partial charge in [-0.05, 0) is 61.8 Å². The van der Waals surface area contributed by atoms with Crippen LogP contribution >= 0.6 is 0 Å². The first kappa shape index (κ1) is 23.7. The first-order chi connectivity index (χ1) is 16.6. The molecule has 0 amide bonds. The number of allylic oxidation sites excluding steroid dienone is 1. The lowest BCUT2D eigenvalue weighted by atomic mass is 9.52. The van der Waals surface area contributed by atoms with Crippen molar-refractivity contribution in [2.45, 2.75) is 64.4 Å². The number of phenols is 2. The quantitative estimate of drug-likeness (QED) is 0.396. The van der Waals surface area contributed by atoms with Gasteiger partial charge < -0.3 is 14.9 Å². The molecule has 0 aromatic heterocycles. The zero-order chi connectivity index (χ0) is 25.1. The van der Waals surface area contributed by atoms with Crippen LogP contribution in [0.25, 0.3) is 0 Å². The maximum Gasteiger partial charge on any atom is 0.157 e. The van der Waals surface area contributed by atoms with Crippen LogP contribution < -0.4 is 4.74 Å². The third-order valence-electron chi connectivity index (χ3n) is 9.23. The number of aromatic hydroxyl groups is 2. The van der Waals surface area contributed by atoms with Crippen LogP contribution in [0.15, 0.2) is 42.5 Å². The molecule has 0 bridgehead atoms. The third-order valence-corrected chi connectivity index (χ3v) is 9.23. The van der Waals surface area contributed by atoms with Crippen LogP contribution in [0.2, 0.25) is 0 Å². The highest BCUT2D eigenvalue weighted by Crippen LogP contribution is 2.62. The lowest BCUT2D eigenvalue weighted by Crippen LogP contribution is -2.49. The molecular weight excluding hydrogens is 440 g/mol. The maximum atomic E-state index is 12.1. The van der Waals surface area contributed by atoms with Gasteiger partial charge in [-0.15, -0.1) is 0 Å². The molecule has 5 heteroatoms. The zero-order valence-electron chi connectivity index (χ0n) is 20.7. The molecule has 5 atom stereocenters. The van der Waals surface area contributed by atoms with E-state index in [0.29, 0.717) is 30.0 Å². The molecule has 2 N–H and O–H groups in total. The Morgan fingerprint density at radius 3 is 2.29 bits per heavy atom. The summed E-state index contributed by atoms with van der Waals surface area (Å²) in [6, 6.07) is 9.89. The molecule has 5 unspecified atom stereocenters. The second-order valence-corrected chi connectivity index (χ2v) is 11.6. The Kier molecular flexibility index (Phi) is 5.58. The minimum Gasteiger partial charge on any atom is -0.507 e. The number of phenolic OH excluding ortho intramolecular Hbond substituents is 2. The molecule has 2 fully saturated rings. The van der Waals surface area contributed by atoms with Gasteiger partial charge in [-0.25, -0.2) is 0 Å². The van der Waals surface area contributed by atoms with Crippen molar-refractivity contribution in [2.75, 3.05) is 0 Å². The third kappa shape index (κ3) is 3.50. The fraction of sp³-hybridized carbons (Fsp3) is 0.467. The van der Waals surface area contributed by atoms with E-state index < -0.39 is 11.4 Å². The first-order valence-electron chi connectivity index (χ1n) is 12.6. The summed E-state index contributed by atoms with van der Waals surface area (Å²) in [6.07, 6.45) is 5.50.